The van der Waals surface area contributed by atoms with Crippen molar-refractivity contribution in [2.24, 2.45) is 0 Å². The molecule has 2 heterocycles. The molecular formula is C14H14N4. The molecule has 18 heavy (non-hydrogen) atoms. The number of benzene rings is 1. The SMILES string of the molecule is Cc1ccc(N2CCn3ccnc3C2)c(C#N)c1. The molecule has 1 aliphatic rings. The minimum Gasteiger partial charge on any atom is -0.361 e. The molecule has 1 aromatic carbocycles. The molecule has 0 amide bonds. The third-order valence-corrected chi connectivity index (χ3v) is 3.36. The maximum Gasteiger partial charge on any atom is 0.128 e. The van der Waals surface area contributed by atoms with E-state index in [9.17, 15) is 5.26 Å². The van der Waals surface area contributed by atoms with E-state index in [1.54, 1.807) is 0 Å². The van der Waals surface area contributed by atoms with Crippen LogP contribution in [0.4, 0.5) is 5.69 Å². The first-order valence-corrected chi connectivity index (χ1v) is 6.03. The van der Waals surface area contributed by atoms with E-state index in [4.69, 9.17) is 0 Å². The second-order valence-electron chi connectivity index (χ2n) is 4.59. The summed E-state index contributed by atoms with van der Waals surface area (Å²) >= 11 is 0. The number of hydrogen-bond acceptors (Lipinski definition) is 3. The van der Waals surface area contributed by atoms with Crippen LogP contribution in [-0.2, 0) is 13.1 Å². The molecular weight excluding hydrogens is 224 g/mol. The summed E-state index contributed by atoms with van der Waals surface area (Å²) in [5, 5.41) is 9.23. The summed E-state index contributed by atoms with van der Waals surface area (Å²) in [5.41, 5.74) is 2.88. The van der Waals surface area contributed by atoms with Crippen molar-refractivity contribution in [3.8, 4) is 6.07 Å². The molecule has 0 atom stereocenters. The van der Waals surface area contributed by atoms with Gasteiger partial charge in [0.05, 0.1) is 17.8 Å². The van der Waals surface area contributed by atoms with Crippen molar-refractivity contribution in [2.45, 2.75) is 20.0 Å². The zero-order valence-corrected chi connectivity index (χ0v) is 10.3. The number of nitriles is 1. The number of rotatable bonds is 1. The highest BCUT2D eigenvalue weighted by Gasteiger charge is 2.18. The maximum absolute atomic E-state index is 9.23. The van der Waals surface area contributed by atoms with Gasteiger partial charge in [-0.1, -0.05) is 6.07 Å². The van der Waals surface area contributed by atoms with Gasteiger partial charge in [-0.15, -0.1) is 0 Å². The average Bonchev–Trinajstić information content (AvgIpc) is 2.85. The lowest BCUT2D eigenvalue weighted by Gasteiger charge is -2.30. The fourth-order valence-electron chi connectivity index (χ4n) is 2.39. The standard InChI is InChI=1S/C14H14N4/c1-11-2-3-13(12(8-11)9-15)18-7-6-17-5-4-16-14(17)10-18/h2-5,8H,6-7,10H2,1H3. The Labute approximate surface area is 106 Å². The quantitative estimate of drug-likeness (QED) is 0.764. The molecule has 0 fully saturated rings. The first-order chi connectivity index (χ1) is 8.78. The summed E-state index contributed by atoms with van der Waals surface area (Å²) in [6.45, 7) is 4.62. The molecule has 0 aliphatic carbocycles. The van der Waals surface area contributed by atoms with Crippen molar-refractivity contribution >= 4 is 5.69 Å². The number of aromatic nitrogens is 2. The number of imidazole rings is 1. The van der Waals surface area contributed by atoms with Crippen LogP contribution in [0.2, 0.25) is 0 Å². The molecule has 0 radical (unpaired) electrons. The van der Waals surface area contributed by atoms with E-state index in [1.165, 1.54) is 0 Å². The van der Waals surface area contributed by atoms with Crippen LogP contribution in [0.3, 0.4) is 0 Å². The highest BCUT2D eigenvalue weighted by Crippen LogP contribution is 2.24. The smallest absolute Gasteiger partial charge is 0.128 e. The first kappa shape index (κ1) is 10.8. The highest BCUT2D eigenvalue weighted by atomic mass is 15.2. The van der Waals surface area contributed by atoms with E-state index in [0.29, 0.717) is 0 Å². The van der Waals surface area contributed by atoms with Crippen LogP contribution in [-0.4, -0.2) is 16.1 Å². The Morgan fingerprint density at radius 3 is 3.06 bits per heavy atom. The molecule has 4 heteroatoms. The minimum absolute atomic E-state index is 0.745. The summed E-state index contributed by atoms with van der Waals surface area (Å²) in [6.07, 6.45) is 3.84. The molecule has 0 saturated heterocycles. The Morgan fingerprint density at radius 2 is 2.22 bits per heavy atom. The number of hydrogen-bond donors (Lipinski definition) is 0. The van der Waals surface area contributed by atoms with Gasteiger partial charge in [-0.3, -0.25) is 0 Å². The molecule has 1 aliphatic heterocycles. The van der Waals surface area contributed by atoms with Crippen LogP contribution in [0.1, 0.15) is 17.0 Å². The molecule has 3 rings (SSSR count). The molecule has 0 saturated carbocycles. The van der Waals surface area contributed by atoms with Gasteiger partial charge >= 0.3 is 0 Å². The van der Waals surface area contributed by atoms with E-state index < -0.39 is 0 Å². The van der Waals surface area contributed by atoms with Crippen molar-refractivity contribution < 1.29 is 0 Å². The summed E-state index contributed by atoms with van der Waals surface area (Å²) in [7, 11) is 0. The maximum atomic E-state index is 9.23. The molecule has 2 aromatic rings. The zero-order valence-electron chi connectivity index (χ0n) is 10.3. The van der Waals surface area contributed by atoms with Crippen LogP contribution < -0.4 is 4.90 Å². The Bertz CT molecular complexity index is 621. The van der Waals surface area contributed by atoms with Gasteiger partial charge in [-0.25, -0.2) is 4.98 Å². The van der Waals surface area contributed by atoms with Crippen molar-refractivity contribution in [3.63, 3.8) is 0 Å². The van der Waals surface area contributed by atoms with Crippen LogP contribution in [0, 0.1) is 18.3 Å². The van der Waals surface area contributed by atoms with Gasteiger partial charge in [0, 0.05) is 25.5 Å². The molecule has 90 valence electrons. The third kappa shape index (κ3) is 1.74. The molecule has 0 spiro atoms. The number of fused-ring (bicyclic) bond motifs is 1. The Morgan fingerprint density at radius 1 is 1.33 bits per heavy atom. The highest BCUT2D eigenvalue weighted by molar-refractivity contribution is 5.60. The van der Waals surface area contributed by atoms with Crippen LogP contribution in [0.5, 0.6) is 0 Å². The van der Waals surface area contributed by atoms with Crippen molar-refractivity contribution in [1.29, 1.82) is 5.26 Å². The number of nitrogens with zero attached hydrogens (tertiary/aromatic N) is 4. The largest absolute Gasteiger partial charge is 0.361 e. The van der Waals surface area contributed by atoms with Gasteiger partial charge in [-0.2, -0.15) is 5.26 Å². The van der Waals surface area contributed by atoms with Crippen molar-refractivity contribution in [3.05, 3.63) is 47.5 Å². The van der Waals surface area contributed by atoms with Gasteiger partial charge in [0.15, 0.2) is 0 Å². The first-order valence-electron chi connectivity index (χ1n) is 6.03. The van der Waals surface area contributed by atoms with Crippen LogP contribution in [0.15, 0.2) is 30.6 Å². The fourth-order valence-corrected chi connectivity index (χ4v) is 2.39. The summed E-state index contributed by atoms with van der Waals surface area (Å²) in [5.74, 6) is 1.06. The number of anilines is 1. The van der Waals surface area contributed by atoms with E-state index in [2.05, 4.69) is 26.6 Å². The Kier molecular flexibility index (Phi) is 2.52. The van der Waals surface area contributed by atoms with Gasteiger partial charge in [-0.05, 0) is 24.6 Å². The Hall–Kier alpha value is -2.28. The zero-order chi connectivity index (χ0) is 12.5. The number of aryl methyl sites for hydroxylation is 1. The molecule has 0 unspecified atom stereocenters. The van der Waals surface area contributed by atoms with E-state index in [-0.39, 0.29) is 0 Å². The van der Waals surface area contributed by atoms with Gasteiger partial charge in [0.25, 0.3) is 0 Å². The van der Waals surface area contributed by atoms with E-state index >= 15 is 0 Å². The van der Waals surface area contributed by atoms with Gasteiger partial charge < -0.3 is 9.47 Å². The Balaban J connectivity index is 1.96. The van der Waals surface area contributed by atoms with E-state index in [1.807, 2.05) is 31.5 Å². The third-order valence-electron chi connectivity index (χ3n) is 3.36. The normalized spacial score (nSPS) is 14.1. The van der Waals surface area contributed by atoms with Gasteiger partial charge in [0.1, 0.15) is 11.9 Å². The monoisotopic (exact) mass is 238 g/mol. The van der Waals surface area contributed by atoms with Crippen molar-refractivity contribution in [2.75, 3.05) is 11.4 Å². The summed E-state index contributed by atoms with van der Waals surface area (Å²) in [6, 6.07) is 8.31. The van der Waals surface area contributed by atoms with E-state index in [0.717, 1.165) is 42.3 Å². The molecule has 4 nitrogen and oxygen atoms in total. The summed E-state index contributed by atoms with van der Waals surface area (Å²) in [4.78, 5) is 6.57. The van der Waals surface area contributed by atoms with Crippen LogP contribution >= 0.6 is 0 Å². The fraction of sp³-hybridized carbons (Fsp3) is 0.286. The van der Waals surface area contributed by atoms with Crippen LogP contribution in [0.25, 0.3) is 0 Å². The summed E-state index contributed by atoms with van der Waals surface area (Å²) < 4.78 is 2.16. The second kappa shape index (κ2) is 4.19. The topological polar surface area (TPSA) is 44.9 Å². The lowest BCUT2D eigenvalue weighted by Crippen LogP contribution is -2.34. The lowest BCUT2D eigenvalue weighted by molar-refractivity contribution is 0.560. The predicted octanol–water partition coefficient (Wildman–Crippen LogP) is 2.08. The molecule has 0 N–H and O–H groups in total. The minimum atomic E-state index is 0.745. The molecule has 0 bridgehead atoms. The van der Waals surface area contributed by atoms with Gasteiger partial charge in [0.2, 0.25) is 0 Å². The molecule has 1 aromatic heterocycles. The average molecular weight is 238 g/mol. The predicted molar refractivity (Wildman–Crippen MR) is 69.2 cm³/mol. The second-order valence-corrected chi connectivity index (χ2v) is 4.59. The lowest BCUT2D eigenvalue weighted by atomic mass is 10.1. The van der Waals surface area contributed by atoms with Crippen molar-refractivity contribution in [1.82, 2.24) is 9.55 Å².